The molecule has 0 N–H and O–H groups in total. The van der Waals surface area contributed by atoms with Crippen molar-refractivity contribution in [1.29, 1.82) is 0 Å². The van der Waals surface area contributed by atoms with Crippen LogP contribution in [0.5, 0.6) is 0 Å². The highest BCUT2D eigenvalue weighted by atomic mass is 15.0. The molecule has 3 aliphatic rings. The molecule has 59 heavy (non-hydrogen) atoms. The molecule has 4 aromatic heterocycles. The monoisotopic (exact) mass is 751 g/mol. The van der Waals surface area contributed by atoms with Crippen LogP contribution in [0.15, 0.2) is 175 Å². The molecule has 7 aromatic carbocycles. The predicted octanol–water partition coefficient (Wildman–Crippen LogP) is 14.2. The number of rotatable bonds is 3. The molecule has 0 saturated heterocycles. The third kappa shape index (κ3) is 4.31. The van der Waals surface area contributed by atoms with Gasteiger partial charge in [0.1, 0.15) is 0 Å². The summed E-state index contributed by atoms with van der Waals surface area (Å²) in [6.07, 6.45) is 17.6. The van der Waals surface area contributed by atoms with Crippen molar-refractivity contribution >= 4 is 88.5 Å². The van der Waals surface area contributed by atoms with E-state index in [2.05, 4.69) is 196 Å². The summed E-state index contributed by atoms with van der Waals surface area (Å²) in [6.45, 7) is 0. The number of aryl methyl sites for hydroxylation is 1. The number of hydrogen-bond acceptors (Lipinski definition) is 0. The van der Waals surface area contributed by atoms with Crippen LogP contribution in [-0.4, -0.2) is 13.5 Å². The van der Waals surface area contributed by atoms with E-state index < -0.39 is 0 Å². The molecular formula is C56H37N3. The van der Waals surface area contributed by atoms with Crippen molar-refractivity contribution in [3.8, 4) is 16.8 Å². The molecule has 3 heteroatoms. The average Bonchev–Trinajstić information content (AvgIpc) is 4.01. The summed E-state index contributed by atoms with van der Waals surface area (Å²) in [5.74, 6) is 0.316. The maximum absolute atomic E-state index is 2.60. The molecule has 276 valence electrons. The molecule has 0 aliphatic heterocycles. The second-order valence-corrected chi connectivity index (χ2v) is 16.8. The van der Waals surface area contributed by atoms with Crippen molar-refractivity contribution in [3.63, 3.8) is 0 Å². The number of benzene rings is 7. The Morgan fingerprint density at radius 2 is 1.20 bits per heavy atom. The van der Waals surface area contributed by atoms with Crippen LogP contribution in [0.3, 0.4) is 0 Å². The third-order valence-corrected chi connectivity index (χ3v) is 13.7. The first-order chi connectivity index (χ1) is 29.2. The zero-order chi connectivity index (χ0) is 38.3. The second kappa shape index (κ2) is 11.6. The van der Waals surface area contributed by atoms with E-state index in [4.69, 9.17) is 0 Å². The Balaban J connectivity index is 1.02. The largest absolute Gasteiger partial charge is 0.310 e. The lowest BCUT2D eigenvalue weighted by Gasteiger charge is -2.25. The topological polar surface area (TPSA) is 14.3 Å². The molecule has 1 atom stereocenters. The van der Waals surface area contributed by atoms with Gasteiger partial charge in [0.2, 0.25) is 0 Å². The van der Waals surface area contributed by atoms with Gasteiger partial charge >= 0.3 is 0 Å². The minimum Gasteiger partial charge on any atom is -0.310 e. The maximum Gasteiger partial charge on any atom is 0.0617 e. The van der Waals surface area contributed by atoms with Gasteiger partial charge in [0.15, 0.2) is 0 Å². The van der Waals surface area contributed by atoms with Crippen LogP contribution in [0.1, 0.15) is 28.9 Å². The number of allylic oxidation sites excluding steroid dienone is 6. The van der Waals surface area contributed by atoms with E-state index in [0.717, 1.165) is 19.3 Å². The Morgan fingerprint density at radius 3 is 2.02 bits per heavy atom. The van der Waals surface area contributed by atoms with Crippen molar-refractivity contribution in [3.05, 3.63) is 198 Å². The number of nitrogens with zero attached hydrogens (tertiary/aromatic N) is 3. The highest BCUT2D eigenvalue weighted by Gasteiger charge is 2.30. The Bertz CT molecular complexity index is 3690. The fraction of sp³-hybridized carbons (Fsp3) is 0.0714. The van der Waals surface area contributed by atoms with Gasteiger partial charge in [0.25, 0.3) is 0 Å². The van der Waals surface area contributed by atoms with Gasteiger partial charge in [-0.3, -0.25) is 0 Å². The van der Waals surface area contributed by atoms with E-state index in [1.165, 1.54) is 121 Å². The number of fused-ring (bicyclic) bond motifs is 14. The van der Waals surface area contributed by atoms with Crippen molar-refractivity contribution in [2.45, 2.75) is 19.3 Å². The highest BCUT2D eigenvalue weighted by Crippen LogP contribution is 2.47. The normalized spacial score (nSPS) is 16.2. The van der Waals surface area contributed by atoms with Gasteiger partial charge in [0.05, 0.1) is 33.3 Å². The van der Waals surface area contributed by atoms with Crippen LogP contribution in [0, 0.1) is 5.92 Å². The smallest absolute Gasteiger partial charge is 0.0617 e. The van der Waals surface area contributed by atoms with Gasteiger partial charge in [-0.05, 0) is 137 Å². The summed E-state index contributed by atoms with van der Waals surface area (Å²) in [7, 11) is 0. The Morgan fingerprint density at radius 1 is 0.475 bits per heavy atom. The molecule has 3 aliphatic carbocycles. The lowest BCUT2D eigenvalue weighted by Crippen LogP contribution is -2.13. The standard InChI is InChI=1S/C56H37N3/c1-2-12-34(13-3-1)39-30-48-46-28-35-22-24-40(57-50-18-8-4-14-42(50)43-15-5-9-19-51(43)57)26-37(35)32-54(46)59-55-33-38-27-41(25-23-36(38)29-47(55)49(31-39)56(48)59)58-52-20-10-6-16-44(52)45-17-7-11-21-53(45)58/h1-6,8-16,18-27,29-33,35H,7,17,28H2. The van der Waals surface area contributed by atoms with Crippen molar-refractivity contribution in [2.75, 3.05) is 0 Å². The first kappa shape index (κ1) is 31.7. The van der Waals surface area contributed by atoms with Crippen molar-refractivity contribution < 1.29 is 0 Å². The lowest BCUT2D eigenvalue weighted by molar-refractivity contribution is 0.760. The van der Waals surface area contributed by atoms with Gasteiger partial charge in [-0.1, -0.05) is 103 Å². The Kier molecular flexibility index (Phi) is 6.24. The zero-order valence-electron chi connectivity index (χ0n) is 32.4. The van der Waals surface area contributed by atoms with E-state index >= 15 is 0 Å². The summed E-state index contributed by atoms with van der Waals surface area (Å²) < 4.78 is 7.53. The first-order valence-corrected chi connectivity index (χ1v) is 21.0. The maximum atomic E-state index is 2.60. The Labute approximate surface area is 340 Å². The molecule has 4 heterocycles. The molecule has 0 radical (unpaired) electrons. The summed E-state index contributed by atoms with van der Waals surface area (Å²) in [4.78, 5) is 0. The van der Waals surface area contributed by atoms with Gasteiger partial charge in [-0.25, -0.2) is 0 Å². The number of aromatic nitrogens is 3. The summed E-state index contributed by atoms with van der Waals surface area (Å²) in [5.41, 5.74) is 18.2. The molecule has 0 fully saturated rings. The molecule has 0 bridgehead atoms. The van der Waals surface area contributed by atoms with Crippen LogP contribution in [0.2, 0.25) is 0 Å². The third-order valence-electron chi connectivity index (χ3n) is 13.7. The van der Waals surface area contributed by atoms with Gasteiger partial charge in [-0.2, -0.15) is 0 Å². The fourth-order valence-electron chi connectivity index (χ4n) is 11.1. The van der Waals surface area contributed by atoms with Gasteiger partial charge in [0, 0.05) is 55.3 Å². The predicted molar refractivity (Wildman–Crippen MR) is 249 cm³/mol. The molecule has 0 saturated carbocycles. The number of hydrogen-bond donors (Lipinski definition) is 0. The summed E-state index contributed by atoms with van der Waals surface area (Å²) >= 11 is 0. The molecule has 3 nitrogen and oxygen atoms in total. The quantitative estimate of drug-likeness (QED) is 0.171. The minimum absolute atomic E-state index is 0.316. The molecule has 0 spiro atoms. The average molecular weight is 752 g/mol. The molecule has 11 aromatic rings. The molecule has 0 amide bonds. The van der Waals surface area contributed by atoms with Crippen molar-refractivity contribution in [2.24, 2.45) is 5.92 Å². The SMILES string of the molecule is C1=Cc2c(c3ccccc3n2-c2ccc3cc4c5cc(-c6ccccc6)cc6c7c(n(c4cc3c2)c65)C=C2C=C(n3c4ccccc4c4ccccc43)C=CC2C7)CC1. The first-order valence-electron chi connectivity index (χ1n) is 21.0. The zero-order valence-corrected chi connectivity index (χ0v) is 32.4. The van der Waals surface area contributed by atoms with E-state index in [9.17, 15) is 0 Å². The lowest BCUT2D eigenvalue weighted by atomic mass is 9.82. The van der Waals surface area contributed by atoms with Crippen LogP contribution in [0.4, 0.5) is 0 Å². The van der Waals surface area contributed by atoms with Gasteiger partial charge < -0.3 is 13.5 Å². The van der Waals surface area contributed by atoms with E-state index in [1.807, 2.05) is 0 Å². The van der Waals surface area contributed by atoms with Crippen molar-refractivity contribution in [1.82, 2.24) is 13.5 Å². The van der Waals surface area contributed by atoms with Crippen LogP contribution >= 0.6 is 0 Å². The van der Waals surface area contributed by atoms with E-state index in [1.54, 1.807) is 0 Å². The van der Waals surface area contributed by atoms with Crippen LogP contribution < -0.4 is 0 Å². The minimum atomic E-state index is 0.316. The highest BCUT2D eigenvalue weighted by molar-refractivity contribution is 6.20. The molecule has 1 unspecified atom stereocenters. The van der Waals surface area contributed by atoms with Gasteiger partial charge in [-0.15, -0.1) is 0 Å². The Hall–Kier alpha value is -7.36. The second-order valence-electron chi connectivity index (χ2n) is 16.8. The van der Waals surface area contributed by atoms with Crippen LogP contribution in [-0.2, 0) is 12.8 Å². The molecular weight excluding hydrogens is 715 g/mol. The summed E-state index contributed by atoms with van der Waals surface area (Å²) in [5, 5.41) is 10.5. The van der Waals surface area contributed by atoms with E-state index in [-0.39, 0.29) is 0 Å². The van der Waals surface area contributed by atoms with Crippen LogP contribution in [0.25, 0.3) is 105 Å². The fourth-order valence-corrected chi connectivity index (χ4v) is 11.1. The summed E-state index contributed by atoms with van der Waals surface area (Å²) in [6, 6.07) is 54.4. The molecule has 14 rings (SSSR count). The number of para-hydroxylation sites is 3. The van der Waals surface area contributed by atoms with E-state index in [0.29, 0.717) is 5.92 Å².